The first-order valence-corrected chi connectivity index (χ1v) is 10.1. The molecule has 1 N–H and O–H groups in total. The Hall–Kier alpha value is -3.39. The van der Waals surface area contributed by atoms with Crippen LogP contribution in [0.15, 0.2) is 72.5 Å². The Morgan fingerprint density at radius 2 is 1.93 bits per heavy atom. The third-order valence-electron chi connectivity index (χ3n) is 4.56. The number of carbonyl (C=O) groups excluding carboxylic acids is 1. The van der Waals surface area contributed by atoms with Crippen LogP contribution < -0.4 is 5.32 Å². The molecule has 0 aliphatic carbocycles. The van der Waals surface area contributed by atoms with Gasteiger partial charge >= 0.3 is 0 Å². The number of aryl methyl sites for hydroxylation is 1. The van der Waals surface area contributed by atoms with Crippen molar-refractivity contribution in [3.05, 3.63) is 78.5 Å². The maximum absolute atomic E-state index is 12.6. The van der Waals surface area contributed by atoms with E-state index in [0.29, 0.717) is 11.5 Å². The van der Waals surface area contributed by atoms with Gasteiger partial charge < -0.3 is 5.32 Å². The Kier molecular flexibility index (Phi) is 5.44. The van der Waals surface area contributed by atoms with Gasteiger partial charge in [0.1, 0.15) is 0 Å². The highest BCUT2D eigenvalue weighted by Crippen LogP contribution is 2.24. The van der Waals surface area contributed by atoms with Gasteiger partial charge in [0.2, 0.25) is 5.91 Å². The van der Waals surface area contributed by atoms with Crippen LogP contribution in [0.2, 0.25) is 0 Å². The summed E-state index contributed by atoms with van der Waals surface area (Å²) in [4.78, 5) is 21.3. The Morgan fingerprint density at radius 1 is 1.03 bits per heavy atom. The summed E-state index contributed by atoms with van der Waals surface area (Å²) >= 11 is 1.39. The van der Waals surface area contributed by atoms with Gasteiger partial charge in [0.15, 0.2) is 11.0 Å². The molecule has 0 bridgehead atoms. The first-order chi connectivity index (χ1) is 14.1. The zero-order chi connectivity index (χ0) is 20.2. The molecular formula is C21H20N6OS. The minimum absolute atomic E-state index is 0.132. The van der Waals surface area contributed by atoms with E-state index < -0.39 is 0 Å². The fourth-order valence-corrected chi connectivity index (χ4v) is 3.73. The van der Waals surface area contributed by atoms with Crippen LogP contribution in [0.3, 0.4) is 0 Å². The second-order valence-corrected chi connectivity index (χ2v) is 7.40. The van der Waals surface area contributed by atoms with Crippen LogP contribution in [-0.2, 0) is 4.79 Å². The van der Waals surface area contributed by atoms with Crippen molar-refractivity contribution >= 4 is 23.4 Å². The average molecular weight is 404 g/mol. The second kappa shape index (κ2) is 8.32. The molecule has 0 radical (unpaired) electrons. The number of nitrogens with zero attached hydrogens (tertiary/aromatic N) is 5. The van der Waals surface area contributed by atoms with Crippen molar-refractivity contribution in [2.75, 3.05) is 11.1 Å². The lowest BCUT2D eigenvalue weighted by atomic mass is 10.1. The van der Waals surface area contributed by atoms with Crippen LogP contribution in [0, 0.1) is 13.8 Å². The number of amides is 1. The summed E-state index contributed by atoms with van der Waals surface area (Å²) in [7, 11) is 0. The molecule has 3 heterocycles. The monoisotopic (exact) mass is 404 g/mol. The first-order valence-electron chi connectivity index (χ1n) is 9.11. The number of hydrogen-bond acceptors (Lipinski definition) is 5. The first kappa shape index (κ1) is 18.9. The molecule has 4 aromatic rings. The summed E-state index contributed by atoms with van der Waals surface area (Å²) in [5.41, 5.74) is 4.09. The SMILES string of the molecule is Cc1cccc(-n2ccnc2SCC(=O)Nc2cccnc2-n2cccn2)c1C. The zero-order valence-corrected chi connectivity index (χ0v) is 16.9. The van der Waals surface area contributed by atoms with Crippen molar-refractivity contribution in [2.45, 2.75) is 19.0 Å². The van der Waals surface area contributed by atoms with Gasteiger partial charge in [-0.25, -0.2) is 14.6 Å². The highest BCUT2D eigenvalue weighted by Gasteiger charge is 2.13. The number of benzene rings is 1. The van der Waals surface area contributed by atoms with Gasteiger partial charge in [0.25, 0.3) is 0 Å². The van der Waals surface area contributed by atoms with E-state index >= 15 is 0 Å². The number of hydrogen-bond donors (Lipinski definition) is 1. The smallest absolute Gasteiger partial charge is 0.234 e. The minimum Gasteiger partial charge on any atom is -0.322 e. The number of pyridine rings is 1. The second-order valence-electron chi connectivity index (χ2n) is 6.46. The van der Waals surface area contributed by atoms with E-state index in [2.05, 4.69) is 46.4 Å². The van der Waals surface area contributed by atoms with Crippen molar-refractivity contribution in [3.8, 4) is 11.5 Å². The molecule has 0 saturated carbocycles. The highest BCUT2D eigenvalue weighted by atomic mass is 32.2. The quantitative estimate of drug-likeness (QED) is 0.495. The predicted octanol–water partition coefficient (Wildman–Crippen LogP) is 3.80. The van der Waals surface area contributed by atoms with E-state index in [1.54, 1.807) is 35.5 Å². The summed E-state index contributed by atoms with van der Waals surface area (Å²) in [5.74, 6) is 0.676. The normalized spacial score (nSPS) is 10.8. The third kappa shape index (κ3) is 4.07. The van der Waals surface area contributed by atoms with Gasteiger partial charge in [-0.1, -0.05) is 23.9 Å². The van der Waals surface area contributed by atoms with E-state index in [4.69, 9.17) is 0 Å². The number of anilines is 1. The van der Waals surface area contributed by atoms with Crippen LogP contribution in [0.4, 0.5) is 5.69 Å². The lowest BCUT2D eigenvalue weighted by Crippen LogP contribution is -2.17. The molecule has 0 spiro atoms. The number of nitrogens with one attached hydrogen (secondary N) is 1. The Morgan fingerprint density at radius 3 is 2.76 bits per heavy atom. The maximum atomic E-state index is 12.6. The van der Waals surface area contributed by atoms with E-state index in [-0.39, 0.29) is 11.7 Å². The third-order valence-corrected chi connectivity index (χ3v) is 5.52. The van der Waals surface area contributed by atoms with E-state index in [1.165, 1.54) is 22.9 Å². The minimum atomic E-state index is -0.132. The predicted molar refractivity (Wildman–Crippen MR) is 114 cm³/mol. The molecule has 0 aliphatic heterocycles. The number of thioether (sulfide) groups is 1. The number of carbonyl (C=O) groups is 1. The van der Waals surface area contributed by atoms with Crippen LogP contribution in [0.1, 0.15) is 11.1 Å². The van der Waals surface area contributed by atoms with Crippen LogP contribution >= 0.6 is 11.8 Å². The van der Waals surface area contributed by atoms with Crippen molar-refractivity contribution in [3.63, 3.8) is 0 Å². The van der Waals surface area contributed by atoms with Crippen molar-refractivity contribution in [2.24, 2.45) is 0 Å². The van der Waals surface area contributed by atoms with Crippen LogP contribution in [-0.4, -0.2) is 36.0 Å². The van der Waals surface area contributed by atoms with Gasteiger partial charge in [-0.15, -0.1) is 0 Å². The maximum Gasteiger partial charge on any atom is 0.234 e. The highest BCUT2D eigenvalue weighted by molar-refractivity contribution is 7.99. The molecule has 0 fully saturated rings. The topological polar surface area (TPSA) is 77.6 Å². The van der Waals surface area contributed by atoms with Crippen LogP contribution in [0.25, 0.3) is 11.5 Å². The van der Waals surface area contributed by atoms with Gasteiger partial charge in [-0.3, -0.25) is 9.36 Å². The largest absolute Gasteiger partial charge is 0.322 e. The van der Waals surface area contributed by atoms with Crippen molar-refractivity contribution < 1.29 is 4.79 Å². The lowest BCUT2D eigenvalue weighted by Gasteiger charge is -2.13. The molecule has 4 rings (SSSR count). The Labute approximate surface area is 172 Å². The van der Waals surface area contributed by atoms with Gasteiger partial charge in [0, 0.05) is 31.0 Å². The Balaban J connectivity index is 1.47. The van der Waals surface area contributed by atoms with E-state index in [0.717, 1.165) is 10.8 Å². The summed E-state index contributed by atoms with van der Waals surface area (Å²) in [6.45, 7) is 4.17. The van der Waals surface area contributed by atoms with Gasteiger partial charge in [-0.05, 0) is 49.2 Å². The summed E-state index contributed by atoms with van der Waals surface area (Å²) < 4.78 is 3.63. The zero-order valence-electron chi connectivity index (χ0n) is 16.1. The van der Waals surface area contributed by atoms with Gasteiger partial charge in [-0.2, -0.15) is 5.10 Å². The number of aromatic nitrogens is 5. The van der Waals surface area contributed by atoms with Crippen LogP contribution in [0.5, 0.6) is 0 Å². The molecule has 1 aromatic carbocycles. The average Bonchev–Trinajstić information content (AvgIpc) is 3.41. The molecule has 8 heteroatoms. The van der Waals surface area contributed by atoms with E-state index in [9.17, 15) is 4.79 Å². The molecule has 0 unspecified atom stereocenters. The number of imidazole rings is 1. The molecule has 3 aromatic heterocycles. The lowest BCUT2D eigenvalue weighted by molar-refractivity contribution is -0.113. The Bertz CT molecular complexity index is 1140. The number of rotatable bonds is 6. The summed E-state index contributed by atoms with van der Waals surface area (Å²) in [6, 6.07) is 11.6. The van der Waals surface area contributed by atoms with Crippen molar-refractivity contribution in [1.82, 2.24) is 24.3 Å². The summed E-state index contributed by atoms with van der Waals surface area (Å²) in [6.07, 6.45) is 8.79. The molecule has 29 heavy (non-hydrogen) atoms. The molecule has 7 nitrogen and oxygen atoms in total. The fraction of sp³-hybridized carbons (Fsp3) is 0.143. The molecule has 0 aliphatic rings. The standard InChI is InChI=1S/C21H20N6OS/c1-15-6-3-8-18(16(15)2)26-13-11-23-21(26)29-14-19(28)25-17-7-4-9-22-20(17)27-12-5-10-24-27/h3-13H,14H2,1-2H3,(H,25,28). The van der Waals surface area contributed by atoms with E-state index in [1.807, 2.05) is 29.0 Å². The molecular weight excluding hydrogens is 384 g/mol. The van der Waals surface area contributed by atoms with Crippen molar-refractivity contribution in [1.29, 1.82) is 0 Å². The molecule has 1 amide bonds. The molecule has 0 saturated heterocycles. The fourth-order valence-electron chi connectivity index (χ4n) is 2.96. The molecule has 0 atom stereocenters. The van der Waals surface area contributed by atoms with Gasteiger partial charge in [0.05, 0.1) is 17.1 Å². The molecule has 146 valence electrons. The summed E-state index contributed by atoms with van der Waals surface area (Å²) in [5, 5.41) is 7.88.